The average Bonchev–Trinajstić information content (AvgIpc) is 2.83. The molecule has 2 rings (SSSR count). The number of sulfonamides is 1. The standard InChI is InChI=1S/C27H37Cl2N3O4S/c1-6-20(4)30-27(34)24(7-2)31(18-21-12-9-8-11-19(21)3)26(33)13-10-16-32(37(5,35)36)25-17-22(28)14-15-23(25)29/h8-9,11-12,14-15,17,20,24H,6-7,10,13,16,18H2,1-5H3,(H,30,34)/t20-,24-/m0/s1. The first kappa shape index (κ1) is 30.9. The Morgan fingerprint density at radius 3 is 2.32 bits per heavy atom. The van der Waals surface area contributed by atoms with Crippen molar-refractivity contribution in [2.24, 2.45) is 0 Å². The summed E-state index contributed by atoms with van der Waals surface area (Å²) < 4.78 is 26.2. The molecule has 2 atom stereocenters. The highest BCUT2D eigenvalue weighted by Crippen LogP contribution is 2.31. The van der Waals surface area contributed by atoms with Gasteiger partial charge in [-0.15, -0.1) is 0 Å². The van der Waals surface area contributed by atoms with Crippen molar-refractivity contribution in [3.05, 3.63) is 63.6 Å². The van der Waals surface area contributed by atoms with Crippen molar-refractivity contribution in [1.29, 1.82) is 0 Å². The Kier molecular flexibility index (Phi) is 11.7. The molecule has 0 fully saturated rings. The zero-order chi connectivity index (χ0) is 27.8. The number of anilines is 1. The maximum atomic E-state index is 13.5. The number of aryl methyl sites for hydroxylation is 1. The van der Waals surface area contributed by atoms with Gasteiger partial charge in [0.1, 0.15) is 6.04 Å². The van der Waals surface area contributed by atoms with Gasteiger partial charge in [-0.1, -0.05) is 61.3 Å². The highest BCUT2D eigenvalue weighted by atomic mass is 35.5. The number of nitrogens with zero attached hydrogens (tertiary/aromatic N) is 2. The van der Waals surface area contributed by atoms with Gasteiger partial charge in [-0.25, -0.2) is 8.42 Å². The first-order chi connectivity index (χ1) is 17.4. The minimum absolute atomic E-state index is 0.0114. The van der Waals surface area contributed by atoms with Crippen LogP contribution in [-0.2, 0) is 26.2 Å². The second kappa shape index (κ2) is 14.0. The summed E-state index contributed by atoms with van der Waals surface area (Å²) in [6.45, 7) is 8.09. The van der Waals surface area contributed by atoms with E-state index in [9.17, 15) is 18.0 Å². The number of carbonyl (C=O) groups excluding carboxylic acids is 2. The van der Waals surface area contributed by atoms with Crippen molar-refractivity contribution in [3.8, 4) is 0 Å². The van der Waals surface area contributed by atoms with Gasteiger partial charge in [0.25, 0.3) is 0 Å². The van der Waals surface area contributed by atoms with Gasteiger partial charge in [-0.05, 0) is 62.4 Å². The van der Waals surface area contributed by atoms with Gasteiger partial charge < -0.3 is 10.2 Å². The number of nitrogens with one attached hydrogen (secondary N) is 1. The second-order valence-electron chi connectivity index (χ2n) is 9.22. The van der Waals surface area contributed by atoms with Crippen LogP contribution in [0.2, 0.25) is 10.0 Å². The van der Waals surface area contributed by atoms with Crippen molar-refractivity contribution >= 4 is 50.7 Å². The van der Waals surface area contributed by atoms with Crippen LogP contribution >= 0.6 is 23.2 Å². The molecule has 0 unspecified atom stereocenters. The van der Waals surface area contributed by atoms with Gasteiger partial charge in [0.2, 0.25) is 21.8 Å². The van der Waals surface area contributed by atoms with Crippen LogP contribution in [0.4, 0.5) is 5.69 Å². The predicted molar refractivity (Wildman–Crippen MR) is 152 cm³/mol. The number of halogens is 2. The molecule has 2 aromatic carbocycles. The molecule has 10 heteroatoms. The van der Waals surface area contributed by atoms with Crippen LogP contribution in [0, 0.1) is 6.92 Å². The Bertz CT molecular complexity index is 1190. The molecule has 2 amide bonds. The fraction of sp³-hybridized carbons (Fsp3) is 0.481. The molecule has 37 heavy (non-hydrogen) atoms. The first-order valence-electron chi connectivity index (χ1n) is 12.5. The number of rotatable bonds is 13. The van der Waals surface area contributed by atoms with E-state index in [1.165, 1.54) is 12.1 Å². The topological polar surface area (TPSA) is 86.8 Å². The molecule has 0 saturated carbocycles. The van der Waals surface area contributed by atoms with E-state index in [0.29, 0.717) is 11.4 Å². The van der Waals surface area contributed by atoms with Gasteiger partial charge in [0.15, 0.2) is 0 Å². The summed E-state index contributed by atoms with van der Waals surface area (Å²) in [5.74, 6) is -0.415. The van der Waals surface area contributed by atoms with E-state index in [1.54, 1.807) is 11.0 Å². The van der Waals surface area contributed by atoms with Crippen LogP contribution < -0.4 is 9.62 Å². The average molecular weight is 571 g/mol. The maximum absolute atomic E-state index is 13.5. The molecule has 0 radical (unpaired) electrons. The Labute approximate surface area is 231 Å². The zero-order valence-corrected chi connectivity index (χ0v) is 24.5. The summed E-state index contributed by atoms with van der Waals surface area (Å²) in [5, 5.41) is 3.59. The predicted octanol–water partition coefficient (Wildman–Crippen LogP) is 5.57. The Morgan fingerprint density at radius 2 is 1.73 bits per heavy atom. The Balaban J connectivity index is 2.27. The van der Waals surface area contributed by atoms with Crippen LogP contribution in [0.25, 0.3) is 0 Å². The number of amides is 2. The highest BCUT2D eigenvalue weighted by molar-refractivity contribution is 7.92. The third-order valence-corrected chi connectivity index (χ3v) is 8.05. The van der Waals surface area contributed by atoms with Crippen molar-refractivity contribution in [3.63, 3.8) is 0 Å². The van der Waals surface area contributed by atoms with Gasteiger partial charge in [0.05, 0.1) is 17.0 Å². The summed E-state index contributed by atoms with van der Waals surface area (Å²) in [6, 6.07) is 11.7. The van der Waals surface area contributed by atoms with E-state index >= 15 is 0 Å². The molecule has 0 aromatic heterocycles. The molecule has 2 aromatic rings. The molecule has 0 aliphatic heterocycles. The van der Waals surface area contributed by atoms with Gasteiger partial charge in [-0.3, -0.25) is 13.9 Å². The molecule has 0 aliphatic rings. The lowest BCUT2D eigenvalue weighted by molar-refractivity contribution is -0.141. The quantitative estimate of drug-likeness (QED) is 0.341. The first-order valence-corrected chi connectivity index (χ1v) is 15.1. The Hall–Kier alpha value is -2.29. The molecule has 7 nitrogen and oxygen atoms in total. The van der Waals surface area contributed by atoms with Crippen molar-refractivity contribution in [2.45, 2.75) is 72.0 Å². The molecule has 0 saturated heterocycles. The molecule has 0 bridgehead atoms. The largest absolute Gasteiger partial charge is 0.352 e. The van der Waals surface area contributed by atoms with Crippen LogP contribution in [0.15, 0.2) is 42.5 Å². The molecule has 0 heterocycles. The third-order valence-electron chi connectivity index (χ3n) is 6.32. The highest BCUT2D eigenvalue weighted by Gasteiger charge is 2.30. The van der Waals surface area contributed by atoms with Gasteiger partial charge in [0, 0.05) is 30.6 Å². The van der Waals surface area contributed by atoms with Crippen LogP contribution in [0.1, 0.15) is 57.6 Å². The molecule has 1 N–H and O–H groups in total. The fourth-order valence-corrected chi connectivity index (χ4v) is 5.40. The number of hydrogen-bond donors (Lipinski definition) is 1. The lowest BCUT2D eigenvalue weighted by atomic mass is 10.0. The summed E-state index contributed by atoms with van der Waals surface area (Å²) in [5.41, 5.74) is 2.24. The van der Waals surface area contributed by atoms with Crippen LogP contribution in [0.3, 0.4) is 0 Å². The van der Waals surface area contributed by atoms with E-state index in [2.05, 4.69) is 5.32 Å². The lowest BCUT2D eigenvalue weighted by Crippen LogP contribution is -2.50. The lowest BCUT2D eigenvalue weighted by Gasteiger charge is -2.32. The third kappa shape index (κ3) is 8.90. The minimum atomic E-state index is -3.68. The van der Waals surface area contributed by atoms with E-state index in [-0.39, 0.29) is 54.5 Å². The van der Waals surface area contributed by atoms with Crippen molar-refractivity contribution in [2.75, 3.05) is 17.1 Å². The molecular formula is C27H37Cl2N3O4S. The summed E-state index contributed by atoms with van der Waals surface area (Å²) >= 11 is 12.3. The summed E-state index contributed by atoms with van der Waals surface area (Å²) in [6.07, 6.45) is 2.61. The Morgan fingerprint density at radius 1 is 1.05 bits per heavy atom. The van der Waals surface area contributed by atoms with E-state index in [0.717, 1.165) is 28.1 Å². The number of benzene rings is 2. The normalized spacial score (nSPS) is 13.1. The van der Waals surface area contributed by atoms with Crippen LogP contribution in [0.5, 0.6) is 0 Å². The second-order valence-corrected chi connectivity index (χ2v) is 12.0. The summed E-state index contributed by atoms with van der Waals surface area (Å²) in [4.78, 5) is 28.3. The van der Waals surface area contributed by atoms with E-state index in [1.807, 2.05) is 52.0 Å². The smallest absolute Gasteiger partial charge is 0.243 e. The van der Waals surface area contributed by atoms with Gasteiger partial charge in [-0.2, -0.15) is 0 Å². The monoisotopic (exact) mass is 569 g/mol. The van der Waals surface area contributed by atoms with Crippen LogP contribution in [-0.4, -0.2) is 50.0 Å². The SMILES string of the molecule is CC[C@H](C)NC(=O)[C@H](CC)N(Cc1ccccc1C)C(=O)CCCN(c1cc(Cl)ccc1Cl)S(C)(=O)=O. The van der Waals surface area contributed by atoms with E-state index in [4.69, 9.17) is 23.2 Å². The van der Waals surface area contributed by atoms with Gasteiger partial charge >= 0.3 is 0 Å². The van der Waals surface area contributed by atoms with Crippen molar-refractivity contribution < 1.29 is 18.0 Å². The molecule has 204 valence electrons. The molecule has 0 spiro atoms. The van der Waals surface area contributed by atoms with Crippen molar-refractivity contribution in [1.82, 2.24) is 10.2 Å². The number of hydrogen-bond acceptors (Lipinski definition) is 4. The summed E-state index contributed by atoms with van der Waals surface area (Å²) in [7, 11) is -3.68. The molecule has 0 aliphatic carbocycles. The number of carbonyl (C=O) groups is 2. The zero-order valence-electron chi connectivity index (χ0n) is 22.1. The fourth-order valence-electron chi connectivity index (χ4n) is 3.99. The molecular weight excluding hydrogens is 533 g/mol. The minimum Gasteiger partial charge on any atom is -0.352 e. The maximum Gasteiger partial charge on any atom is 0.243 e. The van der Waals surface area contributed by atoms with E-state index < -0.39 is 16.1 Å².